The summed E-state index contributed by atoms with van der Waals surface area (Å²) in [5, 5.41) is 10.1. The Bertz CT molecular complexity index is 1300. The van der Waals surface area contributed by atoms with Crippen LogP contribution in [0.15, 0.2) is 48.5 Å². The number of benzene rings is 2. The van der Waals surface area contributed by atoms with E-state index in [0.717, 1.165) is 28.6 Å². The molecule has 8 heteroatoms. The largest absolute Gasteiger partial charge is 0.489 e. The molecular weight excluding hydrogens is 470 g/mol. The Kier molecular flexibility index (Phi) is 7.72. The molecule has 1 fully saturated rings. The molecule has 1 N–H and O–H groups in total. The van der Waals surface area contributed by atoms with E-state index in [2.05, 4.69) is 11.1 Å². The molecule has 4 rings (SSSR count). The van der Waals surface area contributed by atoms with E-state index in [-0.39, 0.29) is 18.2 Å². The van der Waals surface area contributed by atoms with Gasteiger partial charge in [-0.2, -0.15) is 5.26 Å². The highest BCUT2D eigenvalue weighted by Gasteiger charge is 2.31. The molecule has 2 atom stereocenters. The lowest BCUT2D eigenvalue weighted by molar-refractivity contribution is -0.145. The second-order valence-electron chi connectivity index (χ2n) is 10.2. The number of nitriles is 1. The minimum Gasteiger partial charge on any atom is -0.489 e. The standard InChI is InChI=1S/C29H33N3O5/c1-5-35-27(33)25(16-22-15-21-7-6-19(17-30)14-26(21)31-22)20-8-10-23(11-9-20)36-24-12-13-32(18-24)28(34)37-29(2,3)4/h6-11,14-15,24-25,31H,5,12-13,16,18H2,1-4H3/t24-,25?/m1/s1. The number of carbonyl (C=O) groups is 2. The third-order valence-corrected chi connectivity index (χ3v) is 6.18. The SMILES string of the molecule is CCOC(=O)C(Cc1cc2ccc(C#N)cc2[nH]1)c1ccc(O[C@@H]2CCN(C(=O)OC(C)(C)C)C2)cc1. The lowest BCUT2D eigenvalue weighted by atomic mass is 9.94. The van der Waals surface area contributed by atoms with Crippen LogP contribution in [0.4, 0.5) is 4.79 Å². The highest BCUT2D eigenvalue weighted by atomic mass is 16.6. The summed E-state index contributed by atoms with van der Waals surface area (Å²) in [6.07, 6.45) is 0.708. The van der Waals surface area contributed by atoms with Gasteiger partial charge in [0.1, 0.15) is 17.5 Å². The van der Waals surface area contributed by atoms with E-state index in [4.69, 9.17) is 19.5 Å². The Morgan fingerprint density at radius 1 is 1.16 bits per heavy atom. The third kappa shape index (κ3) is 6.62. The molecule has 1 aromatic heterocycles. The molecule has 37 heavy (non-hydrogen) atoms. The quantitative estimate of drug-likeness (QED) is 0.438. The lowest BCUT2D eigenvalue weighted by Crippen LogP contribution is -2.36. The number of esters is 1. The molecule has 8 nitrogen and oxygen atoms in total. The first-order valence-electron chi connectivity index (χ1n) is 12.6. The van der Waals surface area contributed by atoms with Gasteiger partial charge in [0.2, 0.25) is 0 Å². The molecule has 0 bridgehead atoms. The highest BCUT2D eigenvalue weighted by molar-refractivity contribution is 5.83. The van der Waals surface area contributed by atoms with Gasteiger partial charge in [0.25, 0.3) is 0 Å². The summed E-state index contributed by atoms with van der Waals surface area (Å²) in [5.41, 5.74) is 2.61. The molecule has 1 saturated heterocycles. The molecule has 0 radical (unpaired) electrons. The number of aromatic nitrogens is 1. The van der Waals surface area contributed by atoms with Crippen molar-refractivity contribution >= 4 is 23.0 Å². The van der Waals surface area contributed by atoms with Crippen LogP contribution < -0.4 is 4.74 Å². The van der Waals surface area contributed by atoms with E-state index in [1.54, 1.807) is 24.0 Å². The van der Waals surface area contributed by atoms with Gasteiger partial charge in [0, 0.05) is 30.6 Å². The summed E-state index contributed by atoms with van der Waals surface area (Å²) in [6, 6.07) is 17.1. The molecule has 1 aliphatic heterocycles. The van der Waals surface area contributed by atoms with Crippen LogP contribution in [0.25, 0.3) is 10.9 Å². The average molecular weight is 504 g/mol. The van der Waals surface area contributed by atoms with E-state index in [0.29, 0.717) is 37.4 Å². The van der Waals surface area contributed by atoms with Crippen LogP contribution in [0.5, 0.6) is 5.75 Å². The summed E-state index contributed by atoms with van der Waals surface area (Å²) in [6.45, 7) is 8.69. The first-order valence-corrected chi connectivity index (χ1v) is 12.6. The maximum Gasteiger partial charge on any atom is 0.410 e. The van der Waals surface area contributed by atoms with Crippen molar-refractivity contribution in [2.45, 2.75) is 58.2 Å². The predicted molar refractivity (Wildman–Crippen MR) is 139 cm³/mol. The zero-order chi connectivity index (χ0) is 26.6. The van der Waals surface area contributed by atoms with E-state index in [9.17, 15) is 9.59 Å². The Morgan fingerprint density at radius 3 is 2.59 bits per heavy atom. The van der Waals surface area contributed by atoms with Gasteiger partial charge in [-0.25, -0.2) is 4.79 Å². The number of fused-ring (bicyclic) bond motifs is 1. The van der Waals surface area contributed by atoms with Crippen molar-refractivity contribution < 1.29 is 23.8 Å². The third-order valence-electron chi connectivity index (χ3n) is 6.18. The number of aromatic amines is 1. The number of ether oxygens (including phenoxy) is 3. The lowest BCUT2D eigenvalue weighted by Gasteiger charge is -2.24. The molecule has 2 aromatic carbocycles. The van der Waals surface area contributed by atoms with Crippen molar-refractivity contribution in [2.24, 2.45) is 0 Å². The minimum absolute atomic E-state index is 0.121. The number of nitrogens with one attached hydrogen (secondary N) is 1. The second kappa shape index (κ2) is 11.0. The van der Waals surface area contributed by atoms with Crippen molar-refractivity contribution in [3.8, 4) is 11.8 Å². The normalized spacial score (nSPS) is 16.3. The summed E-state index contributed by atoms with van der Waals surface area (Å²) >= 11 is 0. The number of hydrogen-bond acceptors (Lipinski definition) is 6. The fourth-order valence-electron chi connectivity index (χ4n) is 4.45. The van der Waals surface area contributed by atoms with Crippen molar-refractivity contribution in [1.82, 2.24) is 9.88 Å². The van der Waals surface area contributed by atoms with Crippen LogP contribution >= 0.6 is 0 Å². The molecule has 1 amide bonds. The molecule has 1 aliphatic rings. The number of amides is 1. The Labute approximate surface area is 217 Å². The van der Waals surface area contributed by atoms with Crippen LogP contribution in [0, 0.1) is 11.3 Å². The van der Waals surface area contributed by atoms with E-state index in [1.165, 1.54) is 0 Å². The van der Waals surface area contributed by atoms with Crippen LogP contribution in [-0.2, 0) is 20.7 Å². The van der Waals surface area contributed by atoms with E-state index < -0.39 is 11.5 Å². The Morgan fingerprint density at radius 2 is 1.92 bits per heavy atom. The van der Waals surface area contributed by atoms with Crippen LogP contribution in [0.2, 0.25) is 0 Å². The zero-order valence-corrected chi connectivity index (χ0v) is 21.7. The zero-order valence-electron chi connectivity index (χ0n) is 21.7. The summed E-state index contributed by atoms with van der Waals surface area (Å²) in [5.74, 6) is -0.111. The van der Waals surface area contributed by atoms with Crippen LogP contribution in [0.3, 0.4) is 0 Å². The second-order valence-corrected chi connectivity index (χ2v) is 10.2. The molecule has 2 heterocycles. The molecule has 0 saturated carbocycles. The Hall–Kier alpha value is -3.99. The fourth-order valence-corrected chi connectivity index (χ4v) is 4.45. The van der Waals surface area contributed by atoms with Crippen LogP contribution in [-0.4, -0.2) is 53.3 Å². The molecule has 0 aliphatic carbocycles. The van der Waals surface area contributed by atoms with Crippen molar-refractivity contribution in [1.29, 1.82) is 5.26 Å². The van der Waals surface area contributed by atoms with Gasteiger partial charge in [-0.15, -0.1) is 0 Å². The van der Waals surface area contributed by atoms with Crippen molar-refractivity contribution in [2.75, 3.05) is 19.7 Å². The fraction of sp³-hybridized carbons (Fsp3) is 0.414. The maximum absolute atomic E-state index is 12.9. The first-order chi connectivity index (χ1) is 17.6. The maximum atomic E-state index is 12.9. The van der Waals surface area contributed by atoms with Gasteiger partial charge in [0.15, 0.2) is 0 Å². The number of H-pyrrole nitrogens is 1. The molecule has 194 valence electrons. The van der Waals surface area contributed by atoms with E-state index >= 15 is 0 Å². The molecule has 1 unspecified atom stereocenters. The van der Waals surface area contributed by atoms with Crippen LogP contribution in [0.1, 0.15) is 56.9 Å². The van der Waals surface area contributed by atoms with Gasteiger partial charge in [-0.05, 0) is 69.0 Å². The monoisotopic (exact) mass is 503 g/mol. The average Bonchev–Trinajstić information content (AvgIpc) is 3.48. The summed E-state index contributed by atoms with van der Waals surface area (Å²) in [4.78, 5) is 30.2. The number of hydrogen-bond donors (Lipinski definition) is 1. The minimum atomic E-state index is -0.534. The first kappa shape index (κ1) is 26.1. The van der Waals surface area contributed by atoms with Gasteiger partial charge in [-0.1, -0.05) is 18.2 Å². The Balaban J connectivity index is 1.44. The topological polar surface area (TPSA) is 105 Å². The van der Waals surface area contributed by atoms with Gasteiger partial charge >= 0.3 is 12.1 Å². The van der Waals surface area contributed by atoms with Crippen molar-refractivity contribution in [3.63, 3.8) is 0 Å². The molecule has 0 spiro atoms. The summed E-state index contributed by atoms with van der Waals surface area (Å²) in [7, 11) is 0. The van der Waals surface area contributed by atoms with Gasteiger partial charge < -0.3 is 24.1 Å². The summed E-state index contributed by atoms with van der Waals surface area (Å²) < 4.78 is 16.9. The number of rotatable bonds is 7. The van der Waals surface area contributed by atoms with Crippen molar-refractivity contribution in [3.05, 3.63) is 65.4 Å². The van der Waals surface area contributed by atoms with E-state index in [1.807, 2.05) is 57.2 Å². The number of likely N-dealkylation sites (tertiary alicyclic amines) is 1. The smallest absolute Gasteiger partial charge is 0.410 e. The molecular formula is C29H33N3O5. The number of nitrogens with zero attached hydrogens (tertiary/aromatic N) is 2. The van der Waals surface area contributed by atoms with Gasteiger partial charge in [0.05, 0.1) is 30.7 Å². The predicted octanol–water partition coefficient (Wildman–Crippen LogP) is 5.32. The van der Waals surface area contributed by atoms with Gasteiger partial charge in [-0.3, -0.25) is 4.79 Å². The number of carbonyl (C=O) groups excluding carboxylic acids is 2. The highest BCUT2D eigenvalue weighted by Crippen LogP contribution is 2.28. The molecule has 3 aromatic rings.